The van der Waals surface area contributed by atoms with Gasteiger partial charge in [-0.05, 0) is 25.5 Å². The first-order chi connectivity index (χ1) is 9.66. The van der Waals surface area contributed by atoms with Gasteiger partial charge in [0.25, 0.3) is 0 Å². The van der Waals surface area contributed by atoms with Gasteiger partial charge in [-0.1, -0.05) is 53.2 Å². The van der Waals surface area contributed by atoms with Crippen LogP contribution in [0.15, 0.2) is 48.5 Å². The average Bonchev–Trinajstić information content (AvgIpc) is 2.82. The summed E-state index contributed by atoms with van der Waals surface area (Å²) in [6.45, 7) is 4.08. The van der Waals surface area contributed by atoms with Crippen LogP contribution in [0.2, 0.25) is 0 Å². The number of hydrogen-bond donors (Lipinski definition) is 1. The molecule has 3 rings (SSSR count). The summed E-state index contributed by atoms with van der Waals surface area (Å²) in [5.41, 5.74) is 11.2. The van der Waals surface area contributed by atoms with Gasteiger partial charge in [-0.15, -0.1) is 5.10 Å². The van der Waals surface area contributed by atoms with Crippen molar-refractivity contribution in [1.29, 1.82) is 0 Å². The molecule has 0 fully saturated rings. The van der Waals surface area contributed by atoms with E-state index >= 15 is 0 Å². The average molecular weight is 264 g/mol. The van der Waals surface area contributed by atoms with Crippen molar-refractivity contribution in [1.82, 2.24) is 15.0 Å². The molecular weight excluding hydrogens is 248 g/mol. The molecule has 0 aliphatic rings. The van der Waals surface area contributed by atoms with Crippen LogP contribution in [0.25, 0.3) is 16.9 Å². The molecule has 4 nitrogen and oxygen atoms in total. The van der Waals surface area contributed by atoms with Crippen LogP contribution in [0.3, 0.4) is 0 Å². The number of rotatable bonds is 2. The number of benzene rings is 2. The maximum absolute atomic E-state index is 6.21. The molecule has 0 saturated heterocycles. The summed E-state index contributed by atoms with van der Waals surface area (Å²) in [5.74, 6) is 0.558. The fourth-order valence-electron chi connectivity index (χ4n) is 2.19. The van der Waals surface area contributed by atoms with Gasteiger partial charge in [0.1, 0.15) is 5.69 Å². The fraction of sp³-hybridized carbons (Fsp3) is 0.125. The first kappa shape index (κ1) is 12.4. The van der Waals surface area contributed by atoms with E-state index in [9.17, 15) is 0 Å². The Kier molecular flexibility index (Phi) is 2.99. The molecule has 1 aromatic heterocycles. The van der Waals surface area contributed by atoms with Crippen LogP contribution in [0.4, 0.5) is 5.82 Å². The molecular formula is C16H16N4. The minimum absolute atomic E-state index is 0.558. The van der Waals surface area contributed by atoms with E-state index < -0.39 is 0 Å². The zero-order valence-corrected chi connectivity index (χ0v) is 11.5. The topological polar surface area (TPSA) is 56.7 Å². The molecule has 100 valence electrons. The van der Waals surface area contributed by atoms with Crippen LogP contribution >= 0.6 is 0 Å². The van der Waals surface area contributed by atoms with Gasteiger partial charge in [-0.2, -0.15) is 4.68 Å². The van der Waals surface area contributed by atoms with E-state index in [2.05, 4.69) is 17.2 Å². The third-order valence-corrected chi connectivity index (χ3v) is 3.37. The number of nitrogens with zero attached hydrogens (tertiary/aromatic N) is 3. The summed E-state index contributed by atoms with van der Waals surface area (Å²) in [4.78, 5) is 0. The zero-order chi connectivity index (χ0) is 14.1. The van der Waals surface area contributed by atoms with Gasteiger partial charge in [-0.25, -0.2) is 0 Å². The second kappa shape index (κ2) is 4.81. The van der Waals surface area contributed by atoms with Crippen LogP contribution in [-0.4, -0.2) is 15.0 Å². The van der Waals surface area contributed by atoms with Gasteiger partial charge >= 0.3 is 0 Å². The second-order valence-corrected chi connectivity index (χ2v) is 4.89. The molecule has 0 radical (unpaired) electrons. The number of hydrogen-bond acceptors (Lipinski definition) is 3. The number of aromatic nitrogens is 3. The molecule has 2 aromatic carbocycles. The van der Waals surface area contributed by atoms with Gasteiger partial charge in [0.15, 0.2) is 5.82 Å². The Morgan fingerprint density at radius 2 is 1.65 bits per heavy atom. The molecule has 0 saturated carbocycles. The van der Waals surface area contributed by atoms with E-state index in [1.807, 2.05) is 55.5 Å². The van der Waals surface area contributed by atoms with Crippen molar-refractivity contribution in [3.05, 3.63) is 59.7 Å². The standard InChI is InChI=1S/C16H16N4/c1-11-7-9-13(10-8-11)15-16(17)20(19-18-15)14-6-4-3-5-12(14)2/h3-10H,17H2,1-2H3. The SMILES string of the molecule is Cc1ccc(-c2nnn(-c3ccccc3C)c2N)cc1. The third-order valence-electron chi connectivity index (χ3n) is 3.37. The lowest BCUT2D eigenvalue weighted by Gasteiger charge is -2.06. The first-order valence-electron chi connectivity index (χ1n) is 6.51. The predicted molar refractivity (Wildman–Crippen MR) is 80.7 cm³/mol. The van der Waals surface area contributed by atoms with Crippen molar-refractivity contribution in [3.8, 4) is 16.9 Å². The Labute approximate surface area is 117 Å². The van der Waals surface area contributed by atoms with Gasteiger partial charge in [-0.3, -0.25) is 0 Å². The predicted octanol–water partition coefficient (Wildman–Crippen LogP) is 3.13. The molecule has 0 amide bonds. The van der Waals surface area contributed by atoms with Gasteiger partial charge in [0, 0.05) is 5.56 Å². The summed E-state index contributed by atoms with van der Waals surface area (Å²) < 4.78 is 1.69. The van der Waals surface area contributed by atoms with Crippen molar-refractivity contribution in [2.45, 2.75) is 13.8 Å². The highest BCUT2D eigenvalue weighted by Gasteiger charge is 2.13. The van der Waals surface area contributed by atoms with Crippen molar-refractivity contribution >= 4 is 5.82 Å². The minimum atomic E-state index is 0.558. The van der Waals surface area contributed by atoms with Crippen molar-refractivity contribution in [2.75, 3.05) is 5.73 Å². The van der Waals surface area contributed by atoms with E-state index in [1.54, 1.807) is 4.68 Å². The zero-order valence-electron chi connectivity index (χ0n) is 11.5. The maximum Gasteiger partial charge on any atom is 0.155 e. The van der Waals surface area contributed by atoms with Crippen LogP contribution in [0, 0.1) is 13.8 Å². The summed E-state index contributed by atoms with van der Waals surface area (Å²) in [6.07, 6.45) is 0. The molecule has 0 aliphatic heterocycles. The quantitative estimate of drug-likeness (QED) is 0.773. The van der Waals surface area contributed by atoms with Gasteiger partial charge < -0.3 is 5.73 Å². The molecule has 0 spiro atoms. The summed E-state index contributed by atoms with van der Waals surface area (Å²) in [6, 6.07) is 16.1. The van der Waals surface area contributed by atoms with Crippen LogP contribution < -0.4 is 5.73 Å². The van der Waals surface area contributed by atoms with Gasteiger partial charge in [0.05, 0.1) is 5.69 Å². The van der Waals surface area contributed by atoms with Crippen molar-refractivity contribution in [3.63, 3.8) is 0 Å². The normalized spacial score (nSPS) is 10.7. The Hall–Kier alpha value is -2.62. The smallest absolute Gasteiger partial charge is 0.155 e. The van der Waals surface area contributed by atoms with E-state index in [-0.39, 0.29) is 0 Å². The number of para-hydroxylation sites is 1. The Bertz CT molecular complexity index is 741. The van der Waals surface area contributed by atoms with Gasteiger partial charge in [0.2, 0.25) is 0 Å². The third kappa shape index (κ3) is 2.05. The fourth-order valence-corrected chi connectivity index (χ4v) is 2.19. The largest absolute Gasteiger partial charge is 0.382 e. The van der Waals surface area contributed by atoms with Crippen LogP contribution in [0.1, 0.15) is 11.1 Å². The minimum Gasteiger partial charge on any atom is -0.382 e. The molecule has 0 unspecified atom stereocenters. The summed E-state index contributed by atoms with van der Waals surface area (Å²) in [5, 5.41) is 8.41. The summed E-state index contributed by atoms with van der Waals surface area (Å²) >= 11 is 0. The lowest BCUT2D eigenvalue weighted by molar-refractivity contribution is 0.806. The Morgan fingerprint density at radius 3 is 2.35 bits per heavy atom. The molecule has 0 atom stereocenters. The van der Waals surface area contributed by atoms with Crippen molar-refractivity contribution in [2.24, 2.45) is 0 Å². The molecule has 2 N–H and O–H groups in total. The number of nitrogens with two attached hydrogens (primary N) is 1. The number of aryl methyl sites for hydroxylation is 2. The van der Waals surface area contributed by atoms with Crippen LogP contribution in [0.5, 0.6) is 0 Å². The Balaban J connectivity index is 2.09. The number of nitrogen functional groups attached to an aromatic ring is 1. The highest BCUT2D eigenvalue weighted by atomic mass is 15.5. The highest BCUT2D eigenvalue weighted by Crippen LogP contribution is 2.26. The highest BCUT2D eigenvalue weighted by molar-refractivity contribution is 5.71. The molecule has 3 aromatic rings. The molecule has 0 aliphatic carbocycles. The summed E-state index contributed by atoms with van der Waals surface area (Å²) in [7, 11) is 0. The van der Waals surface area contributed by atoms with E-state index in [4.69, 9.17) is 5.73 Å². The lowest BCUT2D eigenvalue weighted by atomic mass is 10.1. The molecule has 4 heteroatoms. The molecule has 1 heterocycles. The Morgan fingerprint density at radius 1 is 0.950 bits per heavy atom. The first-order valence-corrected chi connectivity index (χ1v) is 6.51. The number of anilines is 1. The molecule has 20 heavy (non-hydrogen) atoms. The van der Waals surface area contributed by atoms with E-state index in [0.717, 1.165) is 16.8 Å². The van der Waals surface area contributed by atoms with Crippen LogP contribution in [-0.2, 0) is 0 Å². The van der Waals surface area contributed by atoms with E-state index in [0.29, 0.717) is 11.5 Å². The lowest BCUT2D eigenvalue weighted by Crippen LogP contribution is -2.03. The molecule has 0 bridgehead atoms. The van der Waals surface area contributed by atoms with E-state index in [1.165, 1.54) is 5.56 Å². The maximum atomic E-state index is 6.21. The second-order valence-electron chi connectivity index (χ2n) is 4.89. The van der Waals surface area contributed by atoms with Crippen molar-refractivity contribution < 1.29 is 0 Å². The monoisotopic (exact) mass is 264 g/mol.